The maximum absolute atomic E-state index is 12.5. The summed E-state index contributed by atoms with van der Waals surface area (Å²) in [5, 5.41) is 9.18. The fourth-order valence-corrected chi connectivity index (χ4v) is 5.43. The first-order valence-corrected chi connectivity index (χ1v) is 10.6. The molecule has 2 rings (SSSR count). The van der Waals surface area contributed by atoms with Crippen molar-refractivity contribution in [2.45, 2.75) is 30.7 Å². The first-order chi connectivity index (χ1) is 11.3. The van der Waals surface area contributed by atoms with Crippen LogP contribution in [-0.4, -0.2) is 60.1 Å². The number of carboxylic acid groups (broad SMARTS) is 1. The van der Waals surface area contributed by atoms with Crippen molar-refractivity contribution < 1.29 is 23.1 Å². The molecule has 1 aliphatic heterocycles. The summed E-state index contributed by atoms with van der Waals surface area (Å²) >= 11 is 1.17. The van der Waals surface area contributed by atoms with E-state index in [1.807, 2.05) is 6.92 Å². The zero-order valence-corrected chi connectivity index (χ0v) is 15.1. The lowest BCUT2D eigenvalue weighted by molar-refractivity contribution is -0.130. The van der Waals surface area contributed by atoms with E-state index in [-0.39, 0.29) is 34.8 Å². The average molecular weight is 371 g/mol. The van der Waals surface area contributed by atoms with E-state index in [1.54, 1.807) is 23.1 Å². The van der Waals surface area contributed by atoms with Crippen LogP contribution >= 0.6 is 11.8 Å². The third kappa shape index (κ3) is 4.73. The summed E-state index contributed by atoms with van der Waals surface area (Å²) < 4.78 is 23.3. The molecule has 0 bridgehead atoms. The van der Waals surface area contributed by atoms with Crippen LogP contribution in [0.1, 0.15) is 30.1 Å². The Kier molecular flexibility index (Phi) is 6.28. The molecule has 0 radical (unpaired) electrons. The topological polar surface area (TPSA) is 91.8 Å². The van der Waals surface area contributed by atoms with Crippen LogP contribution in [0, 0.1) is 0 Å². The monoisotopic (exact) mass is 371 g/mol. The molecule has 0 aromatic heterocycles. The first-order valence-electron chi connectivity index (χ1n) is 7.79. The molecule has 1 aromatic rings. The molecular weight excluding hydrogens is 350 g/mol. The zero-order valence-electron chi connectivity index (χ0n) is 13.5. The molecule has 1 aromatic carbocycles. The number of hydrogen-bond donors (Lipinski definition) is 1. The van der Waals surface area contributed by atoms with E-state index in [2.05, 4.69) is 0 Å². The molecule has 0 saturated carbocycles. The molecular formula is C16H21NO5S2. The number of carbonyl (C=O) groups is 2. The maximum Gasteiger partial charge on any atom is 0.336 e. The van der Waals surface area contributed by atoms with Gasteiger partial charge in [0.25, 0.3) is 0 Å². The summed E-state index contributed by atoms with van der Waals surface area (Å²) in [6.07, 6.45) is 1.23. The van der Waals surface area contributed by atoms with Gasteiger partial charge in [-0.2, -0.15) is 0 Å². The lowest BCUT2D eigenvalue weighted by atomic mass is 10.2. The van der Waals surface area contributed by atoms with Gasteiger partial charge < -0.3 is 10.0 Å². The van der Waals surface area contributed by atoms with Crippen LogP contribution in [0.5, 0.6) is 0 Å². The van der Waals surface area contributed by atoms with Crippen LogP contribution in [0.2, 0.25) is 0 Å². The van der Waals surface area contributed by atoms with Gasteiger partial charge in [-0.15, -0.1) is 11.8 Å². The number of benzene rings is 1. The SMILES string of the molecule is CCCN(C(=O)CSc1ccccc1C(=O)O)C1CCS(=O)(=O)C1. The third-order valence-electron chi connectivity index (χ3n) is 3.90. The number of rotatable bonds is 7. The molecule has 0 spiro atoms. The van der Waals surface area contributed by atoms with Crippen LogP contribution in [0.25, 0.3) is 0 Å². The quantitative estimate of drug-likeness (QED) is 0.736. The highest BCUT2D eigenvalue weighted by Gasteiger charge is 2.34. The molecule has 1 unspecified atom stereocenters. The maximum atomic E-state index is 12.5. The number of amides is 1. The molecule has 1 fully saturated rings. The number of carboxylic acids is 1. The smallest absolute Gasteiger partial charge is 0.336 e. The average Bonchev–Trinajstić information content (AvgIpc) is 2.90. The van der Waals surface area contributed by atoms with E-state index in [1.165, 1.54) is 17.8 Å². The van der Waals surface area contributed by atoms with Crippen molar-refractivity contribution in [3.63, 3.8) is 0 Å². The van der Waals surface area contributed by atoms with E-state index in [0.29, 0.717) is 17.9 Å². The Morgan fingerprint density at radius 1 is 1.33 bits per heavy atom. The molecule has 132 valence electrons. The number of thioether (sulfide) groups is 1. The van der Waals surface area contributed by atoms with Gasteiger partial charge in [-0.3, -0.25) is 4.79 Å². The van der Waals surface area contributed by atoms with E-state index in [4.69, 9.17) is 0 Å². The largest absolute Gasteiger partial charge is 0.478 e. The van der Waals surface area contributed by atoms with Crippen molar-refractivity contribution in [3.05, 3.63) is 29.8 Å². The van der Waals surface area contributed by atoms with Crippen LogP contribution in [0.15, 0.2) is 29.2 Å². The van der Waals surface area contributed by atoms with Gasteiger partial charge in [0.15, 0.2) is 9.84 Å². The Morgan fingerprint density at radius 2 is 2.04 bits per heavy atom. The number of aromatic carboxylic acids is 1. The van der Waals surface area contributed by atoms with Crippen molar-refractivity contribution in [1.82, 2.24) is 4.90 Å². The van der Waals surface area contributed by atoms with Crippen molar-refractivity contribution in [2.75, 3.05) is 23.8 Å². The number of hydrogen-bond acceptors (Lipinski definition) is 5. The molecule has 1 atom stereocenters. The predicted octanol–water partition coefficient (Wildman–Crippen LogP) is 1.90. The molecule has 1 aliphatic rings. The minimum Gasteiger partial charge on any atom is -0.478 e. The first kappa shape index (κ1) is 18.8. The third-order valence-corrected chi connectivity index (χ3v) is 6.71. The Morgan fingerprint density at radius 3 is 2.62 bits per heavy atom. The van der Waals surface area contributed by atoms with E-state index in [0.717, 1.165) is 6.42 Å². The standard InChI is InChI=1S/C16H21NO5S2/c1-2-8-17(12-7-9-24(21,22)11-12)15(18)10-23-14-6-4-3-5-13(14)16(19)20/h3-6,12H,2,7-11H2,1H3,(H,19,20). The van der Waals surface area contributed by atoms with Crippen LogP contribution in [-0.2, 0) is 14.6 Å². The molecule has 0 aliphatic carbocycles. The molecule has 6 nitrogen and oxygen atoms in total. The fourth-order valence-electron chi connectivity index (χ4n) is 2.76. The lowest BCUT2D eigenvalue weighted by Crippen LogP contribution is -2.42. The summed E-state index contributed by atoms with van der Waals surface area (Å²) in [5.41, 5.74) is 0.167. The Labute approximate surface area is 146 Å². The molecule has 8 heteroatoms. The van der Waals surface area contributed by atoms with Crippen LogP contribution in [0.4, 0.5) is 0 Å². The summed E-state index contributed by atoms with van der Waals surface area (Å²) in [7, 11) is -3.06. The van der Waals surface area contributed by atoms with Crippen molar-refractivity contribution >= 4 is 33.5 Å². The minimum absolute atomic E-state index is 0.0229. The van der Waals surface area contributed by atoms with Gasteiger partial charge in [0, 0.05) is 17.5 Å². The van der Waals surface area contributed by atoms with Gasteiger partial charge in [0.05, 0.1) is 22.8 Å². The van der Waals surface area contributed by atoms with Crippen molar-refractivity contribution in [1.29, 1.82) is 0 Å². The van der Waals surface area contributed by atoms with Crippen molar-refractivity contribution in [3.8, 4) is 0 Å². The van der Waals surface area contributed by atoms with Gasteiger partial charge in [-0.1, -0.05) is 19.1 Å². The van der Waals surface area contributed by atoms with Crippen LogP contribution in [0.3, 0.4) is 0 Å². The Balaban J connectivity index is 2.05. The molecule has 1 amide bonds. The second-order valence-electron chi connectivity index (χ2n) is 5.73. The molecule has 1 saturated heterocycles. The van der Waals surface area contributed by atoms with Gasteiger partial charge in [0.1, 0.15) is 0 Å². The van der Waals surface area contributed by atoms with Gasteiger partial charge in [-0.05, 0) is 25.0 Å². The van der Waals surface area contributed by atoms with Gasteiger partial charge in [-0.25, -0.2) is 13.2 Å². The summed E-state index contributed by atoms with van der Waals surface area (Å²) in [6, 6.07) is 6.28. The summed E-state index contributed by atoms with van der Waals surface area (Å²) in [5.74, 6) is -0.933. The van der Waals surface area contributed by atoms with Crippen molar-refractivity contribution in [2.24, 2.45) is 0 Å². The second kappa shape index (κ2) is 8.02. The predicted molar refractivity (Wildman–Crippen MR) is 93.2 cm³/mol. The molecule has 1 heterocycles. The highest BCUT2D eigenvalue weighted by molar-refractivity contribution is 8.00. The molecule has 1 N–H and O–H groups in total. The van der Waals surface area contributed by atoms with Crippen LogP contribution < -0.4 is 0 Å². The summed E-state index contributed by atoms with van der Waals surface area (Å²) in [6.45, 7) is 2.46. The van der Waals surface area contributed by atoms with Gasteiger partial charge >= 0.3 is 5.97 Å². The van der Waals surface area contributed by atoms with Gasteiger partial charge in [0.2, 0.25) is 5.91 Å². The minimum atomic E-state index is -3.06. The Hall–Kier alpha value is -1.54. The fraction of sp³-hybridized carbons (Fsp3) is 0.500. The highest BCUT2D eigenvalue weighted by Crippen LogP contribution is 2.25. The summed E-state index contributed by atoms with van der Waals surface area (Å²) in [4.78, 5) is 25.9. The highest BCUT2D eigenvalue weighted by atomic mass is 32.2. The van der Waals surface area contributed by atoms with E-state index < -0.39 is 15.8 Å². The normalized spacial score (nSPS) is 19.1. The number of carbonyl (C=O) groups excluding carboxylic acids is 1. The second-order valence-corrected chi connectivity index (χ2v) is 8.98. The molecule has 24 heavy (non-hydrogen) atoms. The number of sulfone groups is 1. The van der Waals surface area contributed by atoms with E-state index in [9.17, 15) is 23.1 Å². The van der Waals surface area contributed by atoms with E-state index >= 15 is 0 Å². The lowest BCUT2D eigenvalue weighted by Gasteiger charge is -2.28. The number of nitrogens with zero attached hydrogens (tertiary/aromatic N) is 1. The zero-order chi connectivity index (χ0) is 17.7. The Bertz CT molecular complexity index is 717.